The minimum Gasteiger partial charge on any atom is -0.497 e. The topological polar surface area (TPSA) is 68.2 Å². The average Bonchev–Trinajstić information content (AvgIpc) is 2.98. The summed E-state index contributed by atoms with van der Waals surface area (Å²) in [4.78, 5) is 16.8. The number of carbonyl (C=O) groups is 1. The van der Waals surface area contributed by atoms with Crippen molar-refractivity contribution in [2.45, 2.75) is 32.9 Å². The van der Waals surface area contributed by atoms with Crippen LogP contribution in [0.1, 0.15) is 38.2 Å². The van der Waals surface area contributed by atoms with E-state index in [-0.39, 0.29) is 18.1 Å². The summed E-state index contributed by atoms with van der Waals surface area (Å²) in [5.74, 6) is 1.86. The molecule has 0 saturated heterocycles. The van der Waals surface area contributed by atoms with Crippen LogP contribution < -0.4 is 15.4 Å². The fourth-order valence-corrected chi connectivity index (χ4v) is 2.32. The van der Waals surface area contributed by atoms with E-state index in [1.165, 1.54) is 0 Å². The molecule has 1 heterocycles. The van der Waals surface area contributed by atoms with Crippen molar-refractivity contribution < 1.29 is 9.53 Å². The number of hydrogen-bond acceptors (Lipinski definition) is 3. The van der Waals surface area contributed by atoms with Gasteiger partial charge in [0.05, 0.1) is 7.11 Å². The number of aromatic nitrogens is 2. The van der Waals surface area contributed by atoms with Gasteiger partial charge < -0.3 is 19.9 Å². The number of benzene rings is 1. The Hall–Kier alpha value is -2.50. The predicted octanol–water partition coefficient (Wildman–Crippen LogP) is 2.86. The van der Waals surface area contributed by atoms with Gasteiger partial charge in [0.1, 0.15) is 17.6 Å². The molecule has 2 unspecified atom stereocenters. The quantitative estimate of drug-likeness (QED) is 0.856. The molecule has 0 fully saturated rings. The molecule has 1 aromatic carbocycles. The molecule has 2 N–H and O–H groups in total. The van der Waals surface area contributed by atoms with Gasteiger partial charge in [-0.2, -0.15) is 0 Å². The van der Waals surface area contributed by atoms with Gasteiger partial charge in [-0.1, -0.05) is 26.0 Å². The van der Waals surface area contributed by atoms with E-state index in [2.05, 4.69) is 29.5 Å². The van der Waals surface area contributed by atoms with Crippen molar-refractivity contribution in [3.8, 4) is 5.75 Å². The summed E-state index contributed by atoms with van der Waals surface area (Å²) in [6.45, 7) is 6.14. The maximum absolute atomic E-state index is 12.4. The fourth-order valence-electron chi connectivity index (χ4n) is 2.32. The highest BCUT2D eigenvalue weighted by molar-refractivity contribution is 5.75. The molecule has 6 nitrogen and oxygen atoms in total. The van der Waals surface area contributed by atoms with Gasteiger partial charge in [-0.3, -0.25) is 0 Å². The zero-order valence-electron chi connectivity index (χ0n) is 14.9. The Morgan fingerprint density at radius 1 is 1.25 bits per heavy atom. The summed E-state index contributed by atoms with van der Waals surface area (Å²) in [5, 5.41) is 6.00. The summed E-state index contributed by atoms with van der Waals surface area (Å²) in [5.41, 5.74) is 0.913. The number of hydrogen-bond donors (Lipinski definition) is 2. The molecule has 0 aliphatic rings. The molecule has 0 aliphatic heterocycles. The summed E-state index contributed by atoms with van der Waals surface area (Å²) in [7, 11) is 3.53. The fraction of sp³-hybridized carbons (Fsp3) is 0.444. The van der Waals surface area contributed by atoms with E-state index in [4.69, 9.17) is 4.74 Å². The second-order valence-corrected chi connectivity index (χ2v) is 6.26. The van der Waals surface area contributed by atoms with Crippen molar-refractivity contribution in [3.05, 3.63) is 48.0 Å². The number of nitrogens with one attached hydrogen (secondary N) is 2. The molecule has 0 spiro atoms. The Balaban J connectivity index is 2.27. The first-order valence-corrected chi connectivity index (χ1v) is 8.10. The molecule has 0 bridgehead atoms. The molecule has 24 heavy (non-hydrogen) atoms. The van der Waals surface area contributed by atoms with Gasteiger partial charge in [-0.15, -0.1) is 0 Å². The number of amides is 2. The number of ether oxygens (including phenoxy) is 1. The lowest BCUT2D eigenvalue weighted by molar-refractivity contribution is 0.231. The minimum atomic E-state index is -0.362. The number of carbonyl (C=O) groups excluding carboxylic acids is 1. The minimum absolute atomic E-state index is 0.0809. The van der Waals surface area contributed by atoms with E-state index in [0.29, 0.717) is 5.92 Å². The van der Waals surface area contributed by atoms with E-state index < -0.39 is 0 Å². The Bertz CT molecular complexity index is 681. The van der Waals surface area contributed by atoms with E-state index in [1.807, 2.05) is 49.0 Å². The van der Waals surface area contributed by atoms with Crippen molar-refractivity contribution in [2.75, 3.05) is 7.11 Å². The van der Waals surface area contributed by atoms with E-state index in [9.17, 15) is 4.79 Å². The SMILES string of the molecule is COc1cccc(C(NC(=O)NC(C)C(C)C)c2nccn2C)c1. The molecule has 2 atom stereocenters. The van der Waals surface area contributed by atoms with Crippen LogP contribution in [-0.4, -0.2) is 28.7 Å². The number of methoxy groups -OCH3 is 1. The van der Waals surface area contributed by atoms with E-state index >= 15 is 0 Å². The van der Waals surface area contributed by atoms with Gasteiger partial charge in [0.25, 0.3) is 0 Å². The van der Waals surface area contributed by atoms with Crippen LogP contribution in [-0.2, 0) is 7.05 Å². The van der Waals surface area contributed by atoms with Crippen LogP contribution in [0.3, 0.4) is 0 Å². The van der Waals surface area contributed by atoms with Crippen molar-refractivity contribution in [3.63, 3.8) is 0 Å². The third kappa shape index (κ3) is 4.28. The largest absolute Gasteiger partial charge is 0.497 e. The molecular formula is C18H26N4O2. The lowest BCUT2D eigenvalue weighted by atomic mass is 10.1. The number of imidazole rings is 1. The highest BCUT2D eigenvalue weighted by Gasteiger charge is 2.22. The second kappa shape index (κ2) is 7.86. The van der Waals surface area contributed by atoms with Gasteiger partial charge >= 0.3 is 6.03 Å². The van der Waals surface area contributed by atoms with Crippen LogP contribution in [0.2, 0.25) is 0 Å². The van der Waals surface area contributed by atoms with Gasteiger partial charge in [-0.05, 0) is 30.5 Å². The normalized spacial score (nSPS) is 13.4. The number of nitrogens with zero attached hydrogens (tertiary/aromatic N) is 2. The third-order valence-corrected chi connectivity index (χ3v) is 4.18. The molecule has 2 rings (SSSR count). The van der Waals surface area contributed by atoms with Crippen LogP contribution in [0.15, 0.2) is 36.7 Å². The summed E-state index contributed by atoms with van der Waals surface area (Å²) in [6.07, 6.45) is 3.58. The van der Waals surface area contributed by atoms with Crippen LogP contribution in [0, 0.1) is 5.92 Å². The zero-order valence-corrected chi connectivity index (χ0v) is 14.9. The molecule has 6 heteroatoms. The van der Waals surface area contributed by atoms with Crippen molar-refractivity contribution in [1.29, 1.82) is 0 Å². The Morgan fingerprint density at radius 3 is 2.58 bits per heavy atom. The molecule has 0 radical (unpaired) electrons. The first kappa shape index (κ1) is 17.8. The lowest BCUT2D eigenvalue weighted by Gasteiger charge is -2.23. The highest BCUT2D eigenvalue weighted by atomic mass is 16.5. The van der Waals surface area contributed by atoms with Gasteiger partial charge in [0.15, 0.2) is 0 Å². The lowest BCUT2D eigenvalue weighted by Crippen LogP contribution is -2.44. The molecule has 1 aromatic heterocycles. The van der Waals surface area contributed by atoms with Crippen LogP contribution in [0.25, 0.3) is 0 Å². The number of rotatable bonds is 6. The Kier molecular flexibility index (Phi) is 5.84. The Labute approximate surface area is 143 Å². The number of aryl methyl sites for hydroxylation is 1. The molecule has 2 aromatic rings. The molecule has 0 aliphatic carbocycles. The maximum Gasteiger partial charge on any atom is 0.315 e. The van der Waals surface area contributed by atoms with Gasteiger partial charge in [0.2, 0.25) is 0 Å². The van der Waals surface area contributed by atoms with Crippen LogP contribution in [0.5, 0.6) is 5.75 Å². The standard InChI is InChI=1S/C18H26N4O2/c1-12(2)13(3)20-18(23)21-16(17-19-9-10-22(17)4)14-7-6-8-15(11-14)24-5/h6-13,16H,1-5H3,(H2,20,21,23). The van der Waals surface area contributed by atoms with Gasteiger partial charge in [-0.25, -0.2) is 9.78 Å². The smallest absolute Gasteiger partial charge is 0.315 e. The summed E-state index contributed by atoms with van der Waals surface area (Å²) in [6, 6.07) is 7.14. The molecule has 2 amide bonds. The zero-order chi connectivity index (χ0) is 17.7. The first-order valence-electron chi connectivity index (χ1n) is 8.10. The second-order valence-electron chi connectivity index (χ2n) is 6.26. The Morgan fingerprint density at radius 2 is 2.00 bits per heavy atom. The monoisotopic (exact) mass is 330 g/mol. The third-order valence-electron chi connectivity index (χ3n) is 4.18. The van der Waals surface area contributed by atoms with Crippen molar-refractivity contribution >= 4 is 6.03 Å². The van der Waals surface area contributed by atoms with E-state index in [1.54, 1.807) is 13.3 Å². The molecule has 0 saturated carbocycles. The van der Waals surface area contributed by atoms with E-state index in [0.717, 1.165) is 17.1 Å². The molecular weight excluding hydrogens is 304 g/mol. The van der Waals surface area contributed by atoms with Gasteiger partial charge in [0, 0.05) is 25.5 Å². The predicted molar refractivity (Wildman–Crippen MR) is 94.0 cm³/mol. The van der Waals surface area contributed by atoms with Crippen LogP contribution in [0.4, 0.5) is 4.79 Å². The first-order chi connectivity index (χ1) is 11.4. The maximum atomic E-state index is 12.4. The number of urea groups is 1. The van der Waals surface area contributed by atoms with Crippen LogP contribution >= 0.6 is 0 Å². The highest BCUT2D eigenvalue weighted by Crippen LogP contribution is 2.24. The molecule has 130 valence electrons. The van der Waals surface area contributed by atoms with Crippen molar-refractivity contribution in [2.24, 2.45) is 13.0 Å². The van der Waals surface area contributed by atoms with Crippen molar-refractivity contribution in [1.82, 2.24) is 20.2 Å². The average molecular weight is 330 g/mol. The summed E-state index contributed by atoms with van der Waals surface area (Å²) < 4.78 is 7.20. The summed E-state index contributed by atoms with van der Waals surface area (Å²) >= 11 is 0.